The molecule has 3 aromatic rings. The third-order valence-electron chi connectivity index (χ3n) is 6.41. The lowest BCUT2D eigenvalue weighted by Gasteiger charge is -2.28. The zero-order valence-corrected chi connectivity index (χ0v) is 19.1. The third kappa shape index (κ3) is 4.66. The first-order chi connectivity index (χ1) is 16.5. The second kappa shape index (κ2) is 9.29. The molecule has 1 aliphatic carbocycles. The molecule has 2 aromatic carbocycles. The van der Waals surface area contributed by atoms with Gasteiger partial charge in [-0.2, -0.15) is 5.10 Å². The third-order valence-corrected chi connectivity index (χ3v) is 6.41. The van der Waals surface area contributed by atoms with Crippen LogP contribution in [-0.4, -0.2) is 46.2 Å². The van der Waals surface area contributed by atoms with Gasteiger partial charge in [-0.15, -0.1) is 0 Å². The number of nitrogens with one attached hydrogen (secondary N) is 1. The topological polar surface area (TPSA) is 76.5 Å². The summed E-state index contributed by atoms with van der Waals surface area (Å²) in [6, 6.07) is 13.7. The molecule has 2 heterocycles. The molecule has 1 aliphatic heterocycles. The maximum absolute atomic E-state index is 13.3. The second-order valence-electron chi connectivity index (χ2n) is 8.83. The summed E-state index contributed by atoms with van der Waals surface area (Å²) in [4.78, 5) is 27.7. The van der Waals surface area contributed by atoms with Crippen molar-refractivity contribution in [3.63, 3.8) is 0 Å². The number of fused-ring (bicyclic) bond motifs is 1. The maximum Gasteiger partial charge on any atom is 0.272 e. The zero-order chi connectivity index (χ0) is 23.7. The van der Waals surface area contributed by atoms with E-state index in [4.69, 9.17) is 9.84 Å². The van der Waals surface area contributed by atoms with Crippen molar-refractivity contribution in [3.8, 4) is 5.75 Å². The van der Waals surface area contributed by atoms with Gasteiger partial charge in [-0.05, 0) is 61.2 Å². The van der Waals surface area contributed by atoms with Gasteiger partial charge >= 0.3 is 0 Å². The Morgan fingerprint density at radius 1 is 1.12 bits per heavy atom. The predicted octanol–water partition coefficient (Wildman–Crippen LogP) is 3.36. The summed E-state index contributed by atoms with van der Waals surface area (Å²) in [5.74, 6) is 0.0722. The molecule has 176 valence electrons. The van der Waals surface area contributed by atoms with E-state index in [1.165, 1.54) is 24.3 Å². The van der Waals surface area contributed by atoms with Crippen LogP contribution in [0.2, 0.25) is 0 Å². The van der Waals surface area contributed by atoms with Gasteiger partial charge in [0.25, 0.3) is 11.8 Å². The Morgan fingerprint density at radius 3 is 2.53 bits per heavy atom. The van der Waals surface area contributed by atoms with Crippen LogP contribution in [0.1, 0.15) is 50.5 Å². The van der Waals surface area contributed by atoms with Gasteiger partial charge in [-0.1, -0.05) is 12.1 Å². The largest absolute Gasteiger partial charge is 0.497 e. The van der Waals surface area contributed by atoms with Crippen molar-refractivity contribution >= 4 is 11.8 Å². The summed E-state index contributed by atoms with van der Waals surface area (Å²) in [5, 5.41) is 7.72. The van der Waals surface area contributed by atoms with Crippen molar-refractivity contribution in [2.75, 3.05) is 13.7 Å². The molecule has 0 spiro atoms. The molecule has 8 heteroatoms. The van der Waals surface area contributed by atoms with Gasteiger partial charge in [0.05, 0.1) is 13.7 Å². The van der Waals surface area contributed by atoms with Gasteiger partial charge in [0.2, 0.25) is 0 Å². The van der Waals surface area contributed by atoms with E-state index >= 15 is 0 Å². The minimum atomic E-state index is -0.380. The lowest BCUT2D eigenvalue weighted by atomic mass is 10.0. The Kier molecular flexibility index (Phi) is 6.04. The van der Waals surface area contributed by atoms with Crippen molar-refractivity contribution in [2.45, 2.75) is 44.8 Å². The number of benzene rings is 2. The van der Waals surface area contributed by atoms with Crippen molar-refractivity contribution in [3.05, 3.63) is 82.4 Å². The number of halogens is 1. The minimum absolute atomic E-state index is 0.176. The van der Waals surface area contributed by atoms with E-state index in [2.05, 4.69) is 5.32 Å². The van der Waals surface area contributed by atoms with Gasteiger partial charge < -0.3 is 15.0 Å². The summed E-state index contributed by atoms with van der Waals surface area (Å²) >= 11 is 0. The number of hydrogen-bond donors (Lipinski definition) is 1. The summed E-state index contributed by atoms with van der Waals surface area (Å²) in [5.41, 5.74) is 3.78. The number of carbonyl (C=O) groups is 2. The van der Waals surface area contributed by atoms with E-state index in [9.17, 15) is 14.0 Å². The highest BCUT2D eigenvalue weighted by Crippen LogP contribution is 2.26. The van der Waals surface area contributed by atoms with Crippen LogP contribution in [0.5, 0.6) is 5.75 Å². The summed E-state index contributed by atoms with van der Waals surface area (Å²) < 4.78 is 20.4. The van der Waals surface area contributed by atoms with E-state index in [1.807, 2.05) is 28.9 Å². The second-order valence-corrected chi connectivity index (χ2v) is 8.83. The molecule has 0 bridgehead atoms. The van der Waals surface area contributed by atoms with E-state index in [1.54, 1.807) is 12.0 Å². The van der Waals surface area contributed by atoms with E-state index < -0.39 is 0 Å². The van der Waals surface area contributed by atoms with Gasteiger partial charge in [-0.25, -0.2) is 4.39 Å². The molecule has 0 unspecified atom stereocenters. The fourth-order valence-corrected chi connectivity index (χ4v) is 4.32. The van der Waals surface area contributed by atoms with E-state index in [0.717, 1.165) is 41.8 Å². The Hall–Kier alpha value is -3.68. The van der Waals surface area contributed by atoms with Gasteiger partial charge in [-0.3, -0.25) is 14.3 Å². The number of aryl methyl sites for hydroxylation is 2. The monoisotopic (exact) mass is 462 g/mol. The molecule has 1 N–H and O–H groups in total. The molecule has 2 aliphatic rings. The number of hydrogen-bond acceptors (Lipinski definition) is 4. The zero-order valence-electron chi connectivity index (χ0n) is 19.1. The van der Waals surface area contributed by atoms with Crippen LogP contribution in [0.25, 0.3) is 0 Å². The highest BCUT2D eigenvalue weighted by Gasteiger charge is 2.32. The molecule has 1 fully saturated rings. The predicted molar refractivity (Wildman–Crippen MR) is 124 cm³/mol. The van der Waals surface area contributed by atoms with Crippen molar-refractivity contribution < 1.29 is 18.7 Å². The lowest BCUT2D eigenvalue weighted by molar-refractivity contribution is 0.0730. The highest BCUT2D eigenvalue weighted by atomic mass is 19.1. The number of methoxy groups -OCH3 is 1. The first-order valence-electron chi connectivity index (χ1n) is 11.6. The standard InChI is InChI=1S/C26H27FN4O3/c1-34-21-10-2-17(3-11-21)12-15-31-23-13-14-30(26(33)18-4-6-19(27)7-5-18)16-22(23)24(29-31)25(32)28-20-8-9-20/h2-7,10-11,20H,8-9,12-16H2,1H3,(H,28,32). The summed E-state index contributed by atoms with van der Waals surface area (Å²) in [6.07, 6.45) is 3.34. The SMILES string of the molecule is COc1ccc(CCn2nc(C(=O)NC3CC3)c3c2CCN(C(=O)c2ccc(F)cc2)C3)cc1. The van der Waals surface area contributed by atoms with Crippen LogP contribution in [0.4, 0.5) is 4.39 Å². The van der Waals surface area contributed by atoms with Gasteiger partial charge in [0.1, 0.15) is 11.6 Å². The summed E-state index contributed by atoms with van der Waals surface area (Å²) in [7, 11) is 1.64. The number of carbonyl (C=O) groups excluding carboxylic acids is 2. The van der Waals surface area contributed by atoms with Crippen LogP contribution >= 0.6 is 0 Å². The molecule has 0 radical (unpaired) electrons. The molecule has 5 rings (SSSR count). The minimum Gasteiger partial charge on any atom is -0.497 e. The molecule has 2 amide bonds. The van der Waals surface area contributed by atoms with E-state index in [-0.39, 0.29) is 23.7 Å². The number of amides is 2. The Labute approximate surface area is 197 Å². The van der Waals surface area contributed by atoms with Crippen molar-refractivity contribution in [1.29, 1.82) is 0 Å². The fourth-order valence-electron chi connectivity index (χ4n) is 4.32. The quantitative estimate of drug-likeness (QED) is 0.584. The van der Waals surface area contributed by atoms with Crippen molar-refractivity contribution in [1.82, 2.24) is 20.0 Å². The molecule has 34 heavy (non-hydrogen) atoms. The molecule has 0 atom stereocenters. The maximum atomic E-state index is 13.3. The average molecular weight is 463 g/mol. The number of rotatable bonds is 7. The Bertz CT molecular complexity index is 1200. The van der Waals surface area contributed by atoms with Crippen molar-refractivity contribution in [2.24, 2.45) is 0 Å². The Balaban J connectivity index is 1.38. The molecular weight excluding hydrogens is 435 g/mol. The number of nitrogens with zero attached hydrogens (tertiary/aromatic N) is 3. The lowest BCUT2D eigenvalue weighted by Crippen LogP contribution is -2.37. The van der Waals surface area contributed by atoms with Crippen LogP contribution in [0.15, 0.2) is 48.5 Å². The van der Waals surface area contributed by atoms with E-state index in [0.29, 0.717) is 37.3 Å². The molecule has 7 nitrogen and oxygen atoms in total. The van der Waals surface area contributed by atoms with Crippen LogP contribution in [-0.2, 0) is 25.9 Å². The first kappa shape index (κ1) is 22.1. The highest BCUT2D eigenvalue weighted by molar-refractivity contribution is 5.96. The Morgan fingerprint density at radius 2 is 1.85 bits per heavy atom. The number of aromatic nitrogens is 2. The smallest absolute Gasteiger partial charge is 0.272 e. The summed E-state index contributed by atoms with van der Waals surface area (Å²) in [6.45, 7) is 1.46. The van der Waals surface area contributed by atoms with Gasteiger partial charge in [0, 0.05) is 42.4 Å². The normalized spacial score (nSPS) is 15.1. The molecule has 1 aromatic heterocycles. The molecule has 1 saturated carbocycles. The molecule has 0 saturated heterocycles. The molecular formula is C26H27FN4O3. The fraction of sp³-hybridized carbons (Fsp3) is 0.346. The number of ether oxygens (including phenoxy) is 1. The van der Waals surface area contributed by atoms with Crippen LogP contribution in [0, 0.1) is 5.82 Å². The van der Waals surface area contributed by atoms with Gasteiger partial charge in [0.15, 0.2) is 5.69 Å². The average Bonchev–Trinajstić information content (AvgIpc) is 3.60. The van der Waals surface area contributed by atoms with Crippen LogP contribution in [0.3, 0.4) is 0 Å². The van der Waals surface area contributed by atoms with Crippen LogP contribution < -0.4 is 10.1 Å². The first-order valence-corrected chi connectivity index (χ1v) is 11.6.